The SMILES string of the molecule is Cc1cccc(CN[Si]CCCl)c1C. The molecule has 0 spiro atoms. The van der Waals surface area contributed by atoms with Crippen LogP contribution in [0.15, 0.2) is 18.2 Å². The van der Waals surface area contributed by atoms with Crippen molar-refractivity contribution in [1.29, 1.82) is 0 Å². The van der Waals surface area contributed by atoms with Crippen molar-refractivity contribution in [3.8, 4) is 0 Å². The van der Waals surface area contributed by atoms with Crippen molar-refractivity contribution in [2.75, 3.05) is 5.88 Å². The van der Waals surface area contributed by atoms with Crippen LogP contribution in [0.1, 0.15) is 16.7 Å². The van der Waals surface area contributed by atoms with Crippen molar-refractivity contribution in [2.24, 2.45) is 0 Å². The summed E-state index contributed by atoms with van der Waals surface area (Å²) in [5.41, 5.74) is 4.16. The standard InChI is InChI=1S/C11H16ClNSi/c1-9-4-3-5-11(10(9)2)8-13-14-7-6-12/h3-5,13H,6-8H2,1-2H3. The van der Waals surface area contributed by atoms with Crippen molar-refractivity contribution in [3.63, 3.8) is 0 Å². The maximum absolute atomic E-state index is 5.61. The van der Waals surface area contributed by atoms with Gasteiger partial charge in [-0.25, -0.2) is 0 Å². The van der Waals surface area contributed by atoms with Crippen LogP contribution in [-0.4, -0.2) is 15.6 Å². The lowest BCUT2D eigenvalue weighted by molar-refractivity contribution is 0.928. The Labute approximate surface area is 93.8 Å². The van der Waals surface area contributed by atoms with Crippen LogP contribution in [0.3, 0.4) is 0 Å². The molecule has 2 radical (unpaired) electrons. The van der Waals surface area contributed by atoms with Crippen LogP contribution in [-0.2, 0) is 6.54 Å². The highest BCUT2D eigenvalue weighted by molar-refractivity contribution is 6.35. The third-order valence-electron chi connectivity index (χ3n) is 2.34. The molecule has 3 heteroatoms. The number of aryl methyl sites for hydroxylation is 1. The molecule has 1 aromatic carbocycles. The third kappa shape index (κ3) is 3.44. The first kappa shape index (κ1) is 11.8. The minimum absolute atomic E-state index is 0.748. The Bertz CT molecular complexity index is 289. The van der Waals surface area contributed by atoms with Crippen molar-refractivity contribution in [3.05, 3.63) is 34.9 Å². The quantitative estimate of drug-likeness (QED) is 0.462. The average Bonchev–Trinajstić information content (AvgIpc) is 2.19. The van der Waals surface area contributed by atoms with Crippen LogP contribution in [0.2, 0.25) is 6.04 Å². The van der Waals surface area contributed by atoms with Crippen molar-refractivity contribution >= 4 is 21.3 Å². The highest BCUT2D eigenvalue weighted by atomic mass is 35.5. The number of halogens is 1. The van der Waals surface area contributed by atoms with Gasteiger partial charge in [-0.2, -0.15) is 0 Å². The molecule has 0 atom stereocenters. The monoisotopic (exact) mass is 225 g/mol. The van der Waals surface area contributed by atoms with E-state index in [0.717, 1.165) is 28.2 Å². The van der Waals surface area contributed by atoms with E-state index in [2.05, 4.69) is 37.0 Å². The molecule has 0 aliphatic heterocycles. The van der Waals surface area contributed by atoms with Gasteiger partial charge in [0, 0.05) is 12.4 Å². The first-order chi connectivity index (χ1) is 6.75. The molecule has 0 heterocycles. The minimum Gasteiger partial charge on any atom is -0.335 e. The van der Waals surface area contributed by atoms with E-state index >= 15 is 0 Å². The molecule has 14 heavy (non-hydrogen) atoms. The second kappa shape index (κ2) is 6.22. The van der Waals surface area contributed by atoms with E-state index in [9.17, 15) is 0 Å². The molecule has 0 saturated heterocycles. The van der Waals surface area contributed by atoms with Gasteiger partial charge in [0.1, 0.15) is 9.68 Å². The smallest absolute Gasteiger partial charge is 0.140 e. The second-order valence-corrected chi connectivity index (χ2v) is 4.91. The van der Waals surface area contributed by atoms with E-state index in [1.807, 2.05) is 0 Å². The number of benzene rings is 1. The molecule has 1 N–H and O–H groups in total. The summed E-state index contributed by atoms with van der Waals surface area (Å²) in [7, 11) is 0.769. The predicted molar refractivity (Wildman–Crippen MR) is 64.0 cm³/mol. The maximum Gasteiger partial charge on any atom is 0.140 e. The Balaban J connectivity index is 2.46. The van der Waals surface area contributed by atoms with Crippen molar-refractivity contribution in [1.82, 2.24) is 4.98 Å². The van der Waals surface area contributed by atoms with Crippen LogP contribution in [0.4, 0.5) is 0 Å². The number of hydrogen-bond donors (Lipinski definition) is 1. The molecule has 0 amide bonds. The summed E-state index contributed by atoms with van der Waals surface area (Å²) in [5, 5.41) is 0. The fourth-order valence-electron chi connectivity index (χ4n) is 1.30. The fraction of sp³-hybridized carbons (Fsp3) is 0.455. The highest BCUT2D eigenvalue weighted by Crippen LogP contribution is 2.11. The third-order valence-corrected chi connectivity index (χ3v) is 3.77. The largest absolute Gasteiger partial charge is 0.335 e. The van der Waals surface area contributed by atoms with E-state index in [-0.39, 0.29) is 0 Å². The summed E-state index contributed by atoms with van der Waals surface area (Å²) >= 11 is 5.61. The molecular formula is C11H16ClNSi. The van der Waals surface area contributed by atoms with Gasteiger partial charge in [0.05, 0.1) is 0 Å². The topological polar surface area (TPSA) is 12.0 Å². The molecule has 0 unspecified atom stereocenters. The van der Waals surface area contributed by atoms with Crippen LogP contribution < -0.4 is 4.98 Å². The van der Waals surface area contributed by atoms with Gasteiger partial charge in [0.15, 0.2) is 0 Å². The molecule has 0 aromatic heterocycles. The summed E-state index contributed by atoms with van der Waals surface area (Å²) in [6.45, 7) is 5.29. The number of hydrogen-bond acceptors (Lipinski definition) is 1. The first-order valence-corrected chi connectivity index (χ1v) is 6.56. The molecule has 0 bridgehead atoms. The van der Waals surface area contributed by atoms with E-state index in [1.54, 1.807) is 0 Å². The van der Waals surface area contributed by atoms with Gasteiger partial charge in [-0.3, -0.25) is 0 Å². The summed E-state index contributed by atoms with van der Waals surface area (Å²) in [4.78, 5) is 3.41. The zero-order valence-corrected chi connectivity index (χ0v) is 10.5. The van der Waals surface area contributed by atoms with E-state index < -0.39 is 0 Å². The summed E-state index contributed by atoms with van der Waals surface area (Å²) in [6.07, 6.45) is 0. The Morgan fingerprint density at radius 2 is 2.14 bits per heavy atom. The van der Waals surface area contributed by atoms with Crippen molar-refractivity contribution in [2.45, 2.75) is 26.4 Å². The summed E-state index contributed by atoms with van der Waals surface area (Å²) < 4.78 is 0. The Morgan fingerprint density at radius 3 is 2.86 bits per heavy atom. The molecule has 1 rings (SSSR count). The number of nitrogens with one attached hydrogen (secondary N) is 1. The van der Waals surface area contributed by atoms with E-state index in [1.165, 1.54) is 16.7 Å². The van der Waals surface area contributed by atoms with Gasteiger partial charge < -0.3 is 4.98 Å². The van der Waals surface area contributed by atoms with E-state index in [4.69, 9.17) is 11.6 Å². The van der Waals surface area contributed by atoms with E-state index in [0.29, 0.717) is 0 Å². The lowest BCUT2D eigenvalue weighted by Gasteiger charge is -2.08. The Hall–Kier alpha value is -0.313. The molecule has 0 aliphatic carbocycles. The summed E-state index contributed by atoms with van der Waals surface area (Å²) in [6, 6.07) is 7.51. The van der Waals surface area contributed by atoms with Gasteiger partial charge >= 0.3 is 0 Å². The Morgan fingerprint density at radius 1 is 1.36 bits per heavy atom. The van der Waals surface area contributed by atoms with Gasteiger partial charge in [-0.05, 0) is 36.6 Å². The van der Waals surface area contributed by atoms with Crippen LogP contribution in [0.5, 0.6) is 0 Å². The molecule has 76 valence electrons. The molecule has 1 aromatic rings. The van der Waals surface area contributed by atoms with Gasteiger partial charge in [0.25, 0.3) is 0 Å². The fourth-order valence-corrected chi connectivity index (χ4v) is 2.17. The Kier molecular flexibility index (Phi) is 5.23. The second-order valence-electron chi connectivity index (χ2n) is 3.33. The first-order valence-electron chi connectivity index (χ1n) is 4.82. The normalized spacial score (nSPS) is 10.5. The molecule has 0 aliphatic rings. The highest BCUT2D eigenvalue weighted by Gasteiger charge is 1.99. The van der Waals surface area contributed by atoms with Crippen LogP contribution >= 0.6 is 11.6 Å². The van der Waals surface area contributed by atoms with Gasteiger partial charge in [-0.1, -0.05) is 18.2 Å². The maximum atomic E-state index is 5.61. The minimum atomic E-state index is 0.748. The molecule has 1 nitrogen and oxygen atoms in total. The zero-order chi connectivity index (χ0) is 10.4. The van der Waals surface area contributed by atoms with Gasteiger partial charge in [-0.15, -0.1) is 11.6 Å². The number of rotatable bonds is 5. The predicted octanol–water partition coefficient (Wildman–Crippen LogP) is 2.67. The lowest BCUT2D eigenvalue weighted by atomic mass is 10.0. The summed E-state index contributed by atoms with van der Waals surface area (Å²) in [5.74, 6) is 0.748. The lowest BCUT2D eigenvalue weighted by Crippen LogP contribution is -2.19. The van der Waals surface area contributed by atoms with Crippen molar-refractivity contribution < 1.29 is 0 Å². The van der Waals surface area contributed by atoms with Crippen LogP contribution in [0, 0.1) is 13.8 Å². The molecule has 0 fully saturated rings. The number of alkyl halides is 1. The zero-order valence-electron chi connectivity index (χ0n) is 8.73. The molecular weight excluding hydrogens is 210 g/mol. The van der Waals surface area contributed by atoms with Gasteiger partial charge in [0.2, 0.25) is 0 Å². The molecule has 0 saturated carbocycles. The van der Waals surface area contributed by atoms with Crippen LogP contribution in [0.25, 0.3) is 0 Å². The average molecular weight is 226 g/mol.